The number of thiophene rings is 1. The molecule has 2 amide bonds. The normalized spacial score (nSPS) is 18.8. The van der Waals surface area contributed by atoms with Crippen molar-refractivity contribution >= 4 is 34.1 Å². The lowest BCUT2D eigenvalue weighted by molar-refractivity contribution is -0.122. The monoisotopic (exact) mass is 254 g/mol. The number of amides is 2. The largest absolute Gasteiger partial charge is 0.478 e. The summed E-state index contributed by atoms with van der Waals surface area (Å²) in [7, 11) is 0. The molecule has 1 aromatic heterocycles. The lowest BCUT2D eigenvalue weighted by Gasteiger charge is -2.09. The smallest absolute Gasteiger partial charge is 0.338 e. The van der Waals surface area contributed by atoms with Crippen LogP contribution in [0.4, 0.5) is 5.00 Å². The fourth-order valence-electron chi connectivity index (χ4n) is 1.58. The van der Waals surface area contributed by atoms with Gasteiger partial charge in [-0.1, -0.05) is 0 Å². The Hall–Kier alpha value is -1.89. The molecule has 0 aromatic carbocycles. The SMILES string of the molecule is O=C1CC[C@H](C(=O)Nc2sccc2C(=O)O)N1. The second kappa shape index (κ2) is 4.54. The summed E-state index contributed by atoms with van der Waals surface area (Å²) in [4.78, 5) is 33.5. The van der Waals surface area contributed by atoms with E-state index in [0.717, 1.165) is 11.3 Å². The molecule has 0 bridgehead atoms. The van der Waals surface area contributed by atoms with E-state index in [2.05, 4.69) is 10.6 Å². The molecule has 0 unspecified atom stereocenters. The molecule has 1 aromatic rings. The van der Waals surface area contributed by atoms with Gasteiger partial charge in [0.1, 0.15) is 11.0 Å². The van der Waals surface area contributed by atoms with Crippen LogP contribution in [0, 0.1) is 0 Å². The number of aromatic carboxylic acids is 1. The van der Waals surface area contributed by atoms with Crippen molar-refractivity contribution < 1.29 is 19.5 Å². The summed E-state index contributed by atoms with van der Waals surface area (Å²) >= 11 is 1.14. The van der Waals surface area contributed by atoms with Crippen LogP contribution in [0.2, 0.25) is 0 Å². The van der Waals surface area contributed by atoms with E-state index >= 15 is 0 Å². The van der Waals surface area contributed by atoms with E-state index in [-0.39, 0.29) is 17.4 Å². The van der Waals surface area contributed by atoms with E-state index in [1.165, 1.54) is 6.07 Å². The quantitative estimate of drug-likeness (QED) is 0.738. The highest BCUT2D eigenvalue weighted by molar-refractivity contribution is 7.14. The third-order valence-electron chi connectivity index (χ3n) is 2.44. The molecule has 3 N–H and O–H groups in total. The second-order valence-corrected chi connectivity index (χ2v) is 4.53. The number of anilines is 1. The van der Waals surface area contributed by atoms with Crippen LogP contribution in [0.25, 0.3) is 0 Å². The Bertz CT molecular complexity index is 482. The Morgan fingerprint density at radius 1 is 1.53 bits per heavy atom. The Morgan fingerprint density at radius 3 is 2.88 bits per heavy atom. The lowest BCUT2D eigenvalue weighted by Crippen LogP contribution is -2.37. The molecular formula is C10H10N2O4S. The second-order valence-electron chi connectivity index (χ2n) is 3.62. The fraction of sp³-hybridized carbons (Fsp3) is 0.300. The van der Waals surface area contributed by atoms with E-state index in [0.29, 0.717) is 17.8 Å². The number of carbonyl (C=O) groups is 3. The Balaban J connectivity index is 2.05. The minimum absolute atomic E-state index is 0.0627. The van der Waals surface area contributed by atoms with Gasteiger partial charge in [0.05, 0.1) is 5.56 Å². The molecular weight excluding hydrogens is 244 g/mol. The van der Waals surface area contributed by atoms with Gasteiger partial charge in [0.25, 0.3) is 0 Å². The zero-order valence-corrected chi connectivity index (χ0v) is 9.54. The van der Waals surface area contributed by atoms with Crippen LogP contribution in [-0.2, 0) is 9.59 Å². The summed E-state index contributed by atoms with van der Waals surface area (Å²) in [5.41, 5.74) is 0.0627. The van der Waals surface area contributed by atoms with E-state index in [9.17, 15) is 14.4 Å². The molecule has 1 saturated heterocycles. The van der Waals surface area contributed by atoms with Crippen molar-refractivity contribution in [3.63, 3.8) is 0 Å². The van der Waals surface area contributed by atoms with Gasteiger partial charge in [-0.25, -0.2) is 4.79 Å². The van der Waals surface area contributed by atoms with E-state index in [4.69, 9.17) is 5.11 Å². The van der Waals surface area contributed by atoms with Crippen molar-refractivity contribution in [2.24, 2.45) is 0 Å². The lowest BCUT2D eigenvalue weighted by atomic mass is 10.2. The van der Waals surface area contributed by atoms with Crippen molar-refractivity contribution in [3.8, 4) is 0 Å². The van der Waals surface area contributed by atoms with Crippen LogP contribution in [-0.4, -0.2) is 28.9 Å². The van der Waals surface area contributed by atoms with Crippen LogP contribution >= 0.6 is 11.3 Å². The summed E-state index contributed by atoms with van der Waals surface area (Å²) in [5.74, 6) is -1.62. The van der Waals surface area contributed by atoms with Gasteiger partial charge in [-0.3, -0.25) is 9.59 Å². The van der Waals surface area contributed by atoms with Crippen molar-refractivity contribution in [3.05, 3.63) is 17.0 Å². The first-order valence-electron chi connectivity index (χ1n) is 4.99. The molecule has 0 spiro atoms. The van der Waals surface area contributed by atoms with Crippen LogP contribution in [0.5, 0.6) is 0 Å². The number of hydrogen-bond acceptors (Lipinski definition) is 4. The molecule has 1 atom stereocenters. The van der Waals surface area contributed by atoms with Crippen LogP contribution < -0.4 is 10.6 Å². The molecule has 7 heteroatoms. The van der Waals surface area contributed by atoms with Crippen molar-refractivity contribution in [2.45, 2.75) is 18.9 Å². The average molecular weight is 254 g/mol. The first-order chi connectivity index (χ1) is 8.08. The van der Waals surface area contributed by atoms with Gasteiger partial charge >= 0.3 is 5.97 Å². The van der Waals surface area contributed by atoms with Gasteiger partial charge in [0.15, 0.2) is 0 Å². The molecule has 1 aliphatic heterocycles. The summed E-state index contributed by atoms with van der Waals surface area (Å²) in [6.45, 7) is 0. The predicted molar refractivity (Wildman–Crippen MR) is 61.1 cm³/mol. The van der Waals surface area contributed by atoms with Crippen molar-refractivity contribution in [1.82, 2.24) is 5.32 Å². The third kappa shape index (κ3) is 2.44. The number of carboxylic acids is 1. The summed E-state index contributed by atoms with van der Waals surface area (Å²) in [6, 6.07) is 0.863. The molecule has 17 heavy (non-hydrogen) atoms. The van der Waals surface area contributed by atoms with Gasteiger partial charge in [0, 0.05) is 6.42 Å². The highest BCUT2D eigenvalue weighted by Gasteiger charge is 2.28. The fourth-order valence-corrected chi connectivity index (χ4v) is 2.37. The number of hydrogen-bond donors (Lipinski definition) is 3. The number of nitrogens with one attached hydrogen (secondary N) is 2. The zero-order chi connectivity index (χ0) is 12.4. The van der Waals surface area contributed by atoms with Gasteiger partial charge in [-0.15, -0.1) is 11.3 Å². The van der Waals surface area contributed by atoms with Crippen LogP contribution in [0.3, 0.4) is 0 Å². The molecule has 0 radical (unpaired) electrons. The maximum absolute atomic E-state index is 11.7. The maximum Gasteiger partial charge on any atom is 0.338 e. The molecule has 6 nitrogen and oxygen atoms in total. The Morgan fingerprint density at radius 2 is 2.29 bits per heavy atom. The van der Waals surface area contributed by atoms with Crippen molar-refractivity contribution in [2.75, 3.05) is 5.32 Å². The summed E-state index contributed by atoms with van der Waals surface area (Å²) in [6.07, 6.45) is 0.771. The number of carbonyl (C=O) groups excluding carboxylic acids is 2. The van der Waals surface area contributed by atoms with Gasteiger partial charge < -0.3 is 15.7 Å². The van der Waals surface area contributed by atoms with E-state index in [1.54, 1.807) is 5.38 Å². The minimum Gasteiger partial charge on any atom is -0.478 e. The van der Waals surface area contributed by atoms with Gasteiger partial charge in [-0.2, -0.15) is 0 Å². The number of carboxylic acid groups (broad SMARTS) is 1. The molecule has 0 saturated carbocycles. The van der Waals surface area contributed by atoms with Crippen LogP contribution in [0.1, 0.15) is 23.2 Å². The van der Waals surface area contributed by atoms with E-state index in [1.807, 2.05) is 0 Å². The maximum atomic E-state index is 11.7. The van der Waals surface area contributed by atoms with Crippen LogP contribution in [0.15, 0.2) is 11.4 Å². The molecule has 0 aliphatic carbocycles. The molecule has 2 rings (SSSR count). The summed E-state index contributed by atoms with van der Waals surface area (Å²) in [5, 5.41) is 15.8. The summed E-state index contributed by atoms with van der Waals surface area (Å²) < 4.78 is 0. The van der Waals surface area contributed by atoms with E-state index < -0.39 is 12.0 Å². The third-order valence-corrected chi connectivity index (χ3v) is 3.27. The highest BCUT2D eigenvalue weighted by atomic mass is 32.1. The minimum atomic E-state index is -1.09. The molecule has 1 fully saturated rings. The molecule has 90 valence electrons. The predicted octanol–water partition coefficient (Wildman–Crippen LogP) is 0.663. The average Bonchev–Trinajstić information content (AvgIpc) is 2.86. The van der Waals surface area contributed by atoms with Crippen molar-refractivity contribution in [1.29, 1.82) is 0 Å². The first kappa shape index (κ1) is 11.6. The van der Waals surface area contributed by atoms with Gasteiger partial charge in [-0.05, 0) is 17.9 Å². The molecule has 1 aliphatic rings. The zero-order valence-electron chi connectivity index (χ0n) is 8.73. The Labute approximate surface area is 101 Å². The Kier molecular flexibility index (Phi) is 3.10. The van der Waals surface area contributed by atoms with Gasteiger partial charge in [0.2, 0.25) is 11.8 Å². The molecule has 2 heterocycles. The standard InChI is InChI=1S/C10H10N2O4S/c13-7-2-1-6(11-7)8(14)12-9-5(10(15)16)3-4-17-9/h3-4,6H,1-2H2,(H,11,13)(H,12,14)(H,15,16)/t6-/m1/s1. The first-order valence-corrected chi connectivity index (χ1v) is 5.87. The highest BCUT2D eigenvalue weighted by Crippen LogP contribution is 2.23. The number of rotatable bonds is 3. The topological polar surface area (TPSA) is 95.5 Å².